The molecule has 90 valence electrons. The van der Waals surface area contributed by atoms with Gasteiger partial charge >= 0.3 is 0 Å². The highest BCUT2D eigenvalue weighted by Crippen LogP contribution is 2.22. The third kappa shape index (κ3) is 3.66. The molecule has 16 heavy (non-hydrogen) atoms. The molecule has 0 atom stereocenters. The van der Waals surface area contributed by atoms with E-state index < -0.39 is 10.0 Å². The molecular weight excluding hydrogens is 250 g/mol. The first kappa shape index (κ1) is 13.3. The van der Waals surface area contributed by atoms with Crippen LogP contribution < -0.4 is 9.46 Å². The number of sulfonamides is 1. The molecule has 0 bridgehead atoms. The molecule has 0 radical (unpaired) electrons. The van der Waals surface area contributed by atoms with Gasteiger partial charge in [0.05, 0.1) is 12.9 Å². The number of nitrogens with one attached hydrogen (secondary N) is 1. The zero-order valence-corrected chi connectivity index (χ0v) is 10.7. The maximum absolute atomic E-state index is 11.2. The van der Waals surface area contributed by atoms with Crippen molar-refractivity contribution in [1.29, 1.82) is 0 Å². The van der Waals surface area contributed by atoms with Gasteiger partial charge in [-0.05, 0) is 24.6 Å². The lowest BCUT2D eigenvalue weighted by Gasteiger charge is -2.07. The van der Waals surface area contributed by atoms with Crippen molar-refractivity contribution in [2.24, 2.45) is 0 Å². The molecule has 0 saturated carbocycles. The summed E-state index contributed by atoms with van der Waals surface area (Å²) >= 11 is 5.97. The number of rotatable bonds is 5. The van der Waals surface area contributed by atoms with Gasteiger partial charge < -0.3 is 4.74 Å². The van der Waals surface area contributed by atoms with E-state index in [4.69, 9.17) is 16.3 Å². The topological polar surface area (TPSA) is 55.4 Å². The number of benzene rings is 1. The van der Waals surface area contributed by atoms with E-state index in [0.29, 0.717) is 10.8 Å². The molecule has 0 fully saturated rings. The van der Waals surface area contributed by atoms with Crippen molar-refractivity contribution in [3.63, 3.8) is 0 Å². The van der Waals surface area contributed by atoms with Gasteiger partial charge in [0.15, 0.2) is 0 Å². The molecule has 0 saturated heterocycles. The molecule has 0 amide bonds. The Bertz CT molecular complexity index is 459. The van der Waals surface area contributed by atoms with Crippen LogP contribution in [0.1, 0.15) is 12.5 Å². The van der Waals surface area contributed by atoms with Crippen LogP contribution in [0.5, 0.6) is 5.75 Å². The second kappa shape index (κ2) is 5.52. The van der Waals surface area contributed by atoms with Crippen molar-refractivity contribution in [3.8, 4) is 5.75 Å². The van der Waals surface area contributed by atoms with E-state index in [-0.39, 0.29) is 12.3 Å². The monoisotopic (exact) mass is 263 g/mol. The average Bonchev–Trinajstić information content (AvgIpc) is 2.27. The summed E-state index contributed by atoms with van der Waals surface area (Å²) in [5.74, 6) is 0.702. The summed E-state index contributed by atoms with van der Waals surface area (Å²) in [5, 5.41) is 0.484. The number of hydrogen-bond donors (Lipinski definition) is 1. The van der Waals surface area contributed by atoms with Crippen LogP contribution in [-0.2, 0) is 16.6 Å². The Morgan fingerprint density at radius 1 is 1.44 bits per heavy atom. The van der Waals surface area contributed by atoms with Gasteiger partial charge in [-0.15, -0.1) is 0 Å². The lowest BCUT2D eigenvalue weighted by molar-refractivity contribution is 0.414. The summed E-state index contributed by atoms with van der Waals surface area (Å²) in [5.41, 5.74) is 0.722. The van der Waals surface area contributed by atoms with Crippen LogP contribution in [0.2, 0.25) is 5.02 Å². The molecular formula is C10H14ClNO3S. The van der Waals surface area contributed by atoms with Gasteiger partial charge in [0.25, 0.3) is 0 Å². The molecule has 1 aromatic rings. The fourth-order valence-corrected chi connectivity index (χ4v) is 1.91. The first-order valence-electron chi connectivity index (χ1n) is 4.78. The van der Waals surface area contributed by atoms with E-state index in [1.54, 1.807) is 32.2 Å². The highest BCUT2D eigenvalue weighted by molar-refractivity contribution is 7.89. The van der Waals surface area contributed by atoms with E-state index in [1.165, 1.54) is 0 Å². The van der Waals surface area contributed by atoms with Gasteiger partial charge in [-0.2, -0.15) is 0 Å². The fraction of sp³-hybridized carbons (Fsp3) is 0.400. The number of hydrogen-bond acceptors (Lipinski definition) is 3. The normalized spacial score (nSPS) is 11.4. The Hall–Kier alpha value is -0.780. The quantitative estimate of drug-likeness (QED) is 0.881. The van der Waals surface area contributed by atoms with Crippen LogP contribution >= 0.6 is 11.6 Å². The van der Waals surface area contributed by atoms with Crippen molar-refractivity contribution in [2.45, 2.75) is 13.5 Å². The average molecular weight is 264 g/mol. The van der Waals surface area contributed by atoms with Crippen LogP contribution in [-0.4, -0.2) is 21.3 Å². The zero-order chi connectivity index (χ0) is 12.2. The molecule has 0 aliphatic rings. The van der Waals surface area contributed by atoms with E-state index in [1.807, 2.05) is 0 Å². The van der Waals surface area contributed by atoms with E-state index in [0.717, 1.165) is 5.56 Å². The van der Waals surface area contributed by atoms with Gasteiger partial charge in [0.1, 0.15) is 5.75 Å². The van der Waals surface area contributed by atoms with E-state index >= 15 is 0 Å². The largest absolute Gasteiger partial charge is 0.497 e. The molecule has 0 unspecified atom stereocenters. The smallest absolute Gasteiger partial charge is 0.211 e. The lowest BCUT2D eigenvalue weighted by atomic mass is 10.2. The van der Waals surface area contributed by atoms with Crippen LogP contribution in [0.15, 0.2) is 18.2 Å². The molecule has 0 aromatic heterocycles. The molecule has 0 aliphatic heterocycles. The predicted octanol–water partition coefficient (Wildman–Crippen LogP) is 1.79. The van der Waals surface area contributed by atoms with Gasteiger partial charge in [0.2, 0.25) is 10.0 Å². The minimum absolute atomic E-state index is 0.0563. The molecule has 0 aliphatic carbocycles. The zero-order valence-electron chi connectivity index (χ0n) is 9.16. The summed E-state index contributed by atoms with van der Waals surface area (Å²) < 4.78 is 29.9. The molecule has 0 heterocycles. The van der Waals surface area contributed by atoms with Crippen molar-refractivity contribution in [2.75, 3.05) is 12.9 Å². The van der Waals surface area contributed by atoms with Gasteiger partial charge in [0, 0.05) is 11.6 Å². The van der Waals surface area contributed by atoms with E-state index in [9.17, 15) is 8.42 Å². The van der Waals surface area contributed by atoms with Crippen LogP contribution in [0, 0.1) is 0 Å². The Morgan fingerprint density at radius 2 is 2.12 bits per heavy atom. The van der Waals surface area contributed by atoms with Crippen LogP contribution in [0.25, 0.3) is 0 Å². The van der Waals surface area contributed by atoms with Crippen LogP contribution in [0.3, 0.4) is 0 Å². The van der Waals surface area contributed by atoms with E-state index in [2.05, 4.69) is 4.72 Å². The molecule has 1 N–H and O–H groups in total. The standard InChI is InChI=1S/C10H14ClNO3S/c1-3-16(13,14)12-7-8-4-5-9(15-2)6-10(8)11/h4-6,12H,3,7H2,1-2H3. The molecule has 1 aromatic carbocycles. The van der Waals surface area contributed by atoms with Gasteiger partial charge in [-0.1, -0.05) is 17.7 Å². The SMILES string of the molecule is CCS(=O)(=O)NCc1ccc(OC)cc1Cl. The summed E-state index contributed by atoms with van der Waals surface area (Å²) in [7, 11) is -1.64. The summed E-state index contributed by atoms with van der Waals surface area (Å²) in [4.78, 5) is 0. The third-order valence-electron chi connectivity index (χ3n) is 2.12. The van der Waals surface area contributed by atoms with Crippen molar-refractivity contribution in [1.82, 2.24) is 4.72 Å². The minimum Gasteiger partial charge on any atom is -0.497 e. The van der Waals surface area contributed by atoms with Gasteiger partial charge in [-0.25, -0.2) is 13.1 Å². The Kier molecular flexibility index (Phi) is 4.58. The summed E-state index contributed by atoms with van der Waals surface area (Å²) in [6, 6.07) is 5.12. The van der Waals surface area contributed by atoms with Gasteiger partial charge in [-0.3, -0.25) is 0 Å². The molecule has 6 heteroatoms. The predicted molar refractivity (Wildman–Crippen MR) is 64.3 cm³/mol. The molecule has 0 spiro atoms. The van der Waals surface area contributed by atoms with Crippen molar-refractivity contribution < 1.29 is 13.2 Å². The first-order valence-corrected chi connectivity index (χ1v) is 6.81. The maximum atomic E-state index is 11.2. The highest BCUT2D eigenvalue weighted by atomic mass is 35.5. The van der Waals surface area contributed by atoms with Crippen molar-refractivity contribution in [3.05, 3.63) is 28.8 Å². The number of ether oxygens (including phenoxy) is 1. The Balaban J connectivity index is 2.76. The second-order valence-corrected chi connectivity index (χ2v) is 5.68. The van der Waals surface area contributed by atoms with Crippen LogP contribution in [0.4, 0.5) is 0 Å². The maximum Gasteiger partial charge on any atom is 0.211 e. The summed E-state index contributed by atoms with van der Waals surface area (Å²) in [6.07, 6.45) is 0. The fourth-order valence-electron chi connectivity index (χ4n) is 1.09. The minimum atomic E-state index is -3.19. The molecule has 1 rings (SSSR count). The second-order valence-electron chi connectivity index (χ2n) is 3.18. The van der Waals surface area contributed by atoms with Crippen molar-refractivity contribution >= 4 is 21.6 Å². The third-order valence-corrected chi connectivity index (χ3v) is 3.82. The summed E-state index contributed by atoms with van der Waals surface area (Å²) in [6.45, 7) is 1.77. The number of halogens is 1. The highest BCUT2D eigenvalue weighted by Gasteiger charge is 2.08. The lowest BCUT2D eigenvalue weighted by Crippen LogP contribution is -2.24. The molecule has 4 nitrogen and oxygen atoms in total. The Morgan fingerprint density at radius 3 is 2.62 bits per heavy atom. The first-order chi connectivity index (χ1) is 7.48. The number of methoxy groups -OCH3 is 1. The Labute approximate surface area is 101 Å².